The van der Waals surface area contributed by atoms with E-state index in [9.17, 15) is 9.59 Å². The lowest BCUT2D eigenvalue weighted by Gasteiger charge is -2.49. The number of carbonyl (C=O) groups excluding carboxylic acids is 2. The second-order valence-electron chi connectivity index (χ2n) is 8.14. The third-order valence-electron chi connectivity index (χ3n) is 6.68. The lowest BCUT2D eigenvalue weighted by Crippen LogP contribution is -2.44. The van der Waals surface area contributed by atoms with Gasteiger partial charge in [0.1, 0.15) is 6.10 Å². The summed E-state index contributed by atoms with van der Waals surface area (Å²) in [7, 11) is 0. The molecule has 5 atom stereocenters. The predicted octanol–water partition coefficient (Wildman–Crippen LogP) is 4.03. The number of carbonyl (C=O) groups is 2. The number of hydrogen-bond donors (Lipinski definition) is 0. The Labute approximate surface area is 145 Å². The number of ether oxygens (including phenoxy) is 2. The van der Waals surface area contributed by atoms with E-state index in [1.165, 1.54) is 18.9 Å². The van der Waals surface area contributed by atoms with Crippen molar-refractivity contribution >= 4 is 11.9 Å². The van der Waals surface area contributed by atoms with E-state index in [1.54, 1.807) is 6.08 Å². The zero-order valence-corrected chi connectivity index (χ0v) is 15.2. The van der Waals surface area contributed by atoms with Gasteiger partial charge >= 0.3 is 11.9 Å². The lowest BCUT2D eigenvalue weighted by molar-refractivity contribution is -0.155. The van der Waals surface area contributed by atoms with Crippen LogP contribution in [0.15, 0.2) is 11.6 Å². The maximum Gasteiger partial charge on any atom is 0.330 e. The maximum atomic E-state index is 11.7. The molecule has 0 amide bonds. The fourth-order valence-corrected chi connectivity index (χ4v) is 5.52. The topological polar surface area (TPSA) is 52.6 Å². The minimum absolute atomic E-state index is 0.0948. The van der Waals surface area contributed by atoms with Crippen LogP contribution in [0.5, 0.6) is 0 Å². The van der Waals surface area contributed by atoms with E-state index < -0.39 is 0 Å². The minimum atomic E-state index is -0.192. The van der Waals surface area contributed by atoms with Crippen LogP contribution in [0, 0.1) is 23.2 Å². The lowest BCUT2D eigenvalue weighted by atomic mass is 9.57. The summed E-state index contributed by atoms with van der Waals surface area (Å²) < 4.78 is 10.7. The molecule has 4 heteroatoms. The molecule has 24 heavy (non-hydrogen) atoms. The second-order valence-corrected chi connectivity index (χ2v) is 8.14. The molecule has 3 aliphatic rings. The Morgan fingerprint density at radius 2 is 2.04 bits per heavy atom. The largest absolute Gasteiger partial charge is 0.463 e. The van der Waals surface area contributed by atoms with Crippen molar-refractivity contribution in [3.8, 4) is 0 Å². The quantitative estimate of drug-likeness (QED) is 0.577. The van der Waals surface area contributed by atoms with E-state index in [-0.39, 0.29) is 23.5 Å². The smallest absolute Gasteiger partial charge is 0.330 e. The fraction of sp³-hybridized carbons (Fsp3) is 0.800. The molecule has 0 bridgehead atoms. The van der Waals surface area contributed by atoms with Gasteiger partial charge in [-0.25, -0.2) is 4.79 Å². The van der Waals surface area contributed by atoms with E-state index in [0.717, 1.165) is 38.5 Å². The van der Waals surface area contributed by atoms with Gasteiger partial charge in [0.2, 0.25) is 0 Å². The molecule has 3 saturated carbocycles. The minimum Gasteiger partial charge on any atom is -0.463 e. The Morgan fingerprint density at radius 3 is 2.75 bits per heavy atom. The van der Waals surface area contributed by atoms with Crippen molar-refractivity contribution in [1.82, 2.24) is 0 Å². The molecule has 0 saturated heterocycles. The second kappa shape index (κ2) is 6.89. The van der Waals surface area contributed by atoms with Crippen LogP contribution in [0.4, 0.5) is 0 Å². The van der Waals surface area contributed by atoms with Crippen molar-refractivity contribution in [3.05, 3.63) is 11.6 Å². The van der Waals surface area contributed by atoms with E-state index in [1.807, 2.05) is 6.92 Å². The Hall–Kier alpha value is -1.32. The molecule has 4 nitrogen and oxygen atoms in total. The monoisotopic (exact) mass is 334 g/mol. The maximum absolute atomic E-state index is 11.7. The van der Waals surface area contributed by atoms with Gasteiger partial charge in [0, 0.05) is 18.4 Å². The summed E-state index contributed by atoms with van der Waals surface area (Å²) in [6, 6.07) is 0. The predicted molar refractivity (Wildman–Crippen MR) is 91.2 cm³/mol. The van der Waals surface area contributed by atoms with Crippen LogP contribution in [0.2, 0.25) is 0 Å². The molecule has 0 heterocycles. The van der Waals surface area contributed by atoms with Crippen LogP contribution in [0.25, 0.3) is 0 Å². The molecule has 0 aromatic rings. The molecule has 0 aliphatic heterocycles. The van der Waals surface area contributed by atoms with Gasteiger partial charge < -0.3 is 9.47 Å². The van der Waals surface area contributed by atoms with Crippen LogP contribution < -0.4 is 0 Å². The van der Waals surface area contributed by atoms with Gasteiger partial charge in [-0.3, -0.25) is 4.79 Å². The summed E-state index contributed by atoms with van der Waals surface area (Å²) in [6.07, 6.45) is 9.53. The summed E-state index contributed by atoms with van der Waals surface area (Å²) in [6.45, 7) is 6.13. The normalized spacial score (nSPS) is 39.9. The highest BCUT2D eigenvalue weighted by Crippen LogP contribution is 2.59. The van der Waals surface area contributed by atoms with Crippen LogP contribution >= 0.6 is 0 Å². The van der Waals surface area contributed by atoms with Crippen molar-refractivity contribution in [2.45, 2.75) is 71.8 Å². The molecule has 134 valence electrons. The zero-order chi connectivity index (χ0) is 17.3. The molecule has 0 N–H and O–H groups in total. The van der Waals surface area contributed by atoms with Crippen molar-refractivity contribution < 1.29 is 19.1 Å². The van der Waals surface area contributed by atoms with Gasteiger partial charge in [0.05, 0.1) is 6.61 Å². The molecular weight excluding hydrogens is 304 g/mol. The Balaban J connectivity index is 1.67. The van der Waals surface area contributed by atoms with Crippen molar-refractivity contribution in [1.29, 1.82) is 0 Å². The van der Waals surface area contributed by atoms with Gasteiger partial charge in [-0.2, -0.15) is 0 Å². The van der Waals surface area contributed by atoms with Crippen LogP contribution in [0.1, 0.15) is 65.7 Å². The zero-order valence-electron chi connectivity index (χ0n) is 15.2. The highest BCUT2D eigenvalue weighted by Gasteiger charge is 2.54. The summed E-state index contributed by atoms with van der Waals surface area (Å²) in [5, 5.41) is 0. The number of rotatable bonds is 3. The summed E-state index contributed by atoms with van der Waals surface area (Å²) in [5.74, 6) is 1.68. The number of hydrogen-bond acceptors (Lipinski definition) is 4. The number of fused-ring (bicyclic) bond motifs is 2. The third kappa shape index (κ3) is 3.38. The first-order chi connectivity index (χ1) is 11.4. The van der Waals surface area contributed by atoms with E-state index in [0.29, 0.717) is 24.4 Å². The van der Waals surface area contributed by atoms with E-state index in [2.05, 4.69) is 6.92 Å². The van der Waals surface area contributed by atoms with E-state index >= 15 is 0 Å². The van der Waals surface area contributed by atoms with Gasteiger partial charge in [0.25, 0.3) is 0 Å². The highest BCUT2D eigenvalue weighted by molar-refractivity contribution is 5.82. The van der Waals surface area contributed by atoms with Gasteiger partial charge in [-0.1, -0.05) is 12.5 Å². The molecule has 3 fully saturated rings. The average Bonchev–Trinajstić information content (AvgIpc) is 2.81. The SMILES string of the molecule is CCOC(=O)/C=C1/CC[C@@H]2C[C@@]3(C)[C@@H](CC[C@@H]3OC(C)=O)C[C@H]2C1. The highest BCUT2D eigenvalue weighted by atomic mass is 16.5. The molecular formula is C20H30O4. The molecule has 0 spiro atoms. The van der Waals surface area contributed by atoms with Crippen molar-refractivity contribution in [2.75, 3.05) is 6.61 Å². The van der Waals surface area contributed by atoms with Crippen molar-refractivity contribution in [2.24, 2.45) is 23.2 Å². The Morgan fingerprint density at radius 1 is 1.25 bits per heavy atom. The van der Waals surface area contributed by atoms with Crippen LogP contribution in [-0.2, 0) is 19.1 Å². The summed E-state index contributed by atoms with van der Waals surface area (Å²) in [5.41, 5.74) is 1.41. The molecule has 0 unspecified atom stereocenters. The molecule has 0 aromatic carbocycles. The first kappa shape index (κ1) is 17.5. The molecule has 3 rings (SSSR count). The number of allylic oxidation sites excluding steroid dienone is 1. The Bertz CT molecular complexity index is 538. The van der Waals surface area contributed by atoms with Gasteiger partial charge in [-0.05, 0) is 69.6 Å². The average molecular weight is 334 g/mol. The van der Waals surface area contributed by atoms with Gasteiger partial charge in [-0.15, -0.1) is 0 Å². The third-order valence-corrected chi connectivity index (χ3v) is 6.68. The van der Waals surface area contributed by atoms with Gasteiger partial charge in [0.15, 0.2) is 0 Å². The van der Waals surface area contributed by atoms with Crippen molar-refractivity contribution in [3.63, 3.8) is 0 Å². The van der Waals surface area contributed by atoms with Crippen LogP contribution in [0.3, 0.4) is 0 Å². The molecule has 0 aromatic heterocycles. The Kier molecular flexibility index (Phi) is 5.03. The first-order valence-electron chi connectivity index (χ1n) is 9.45. The molecule has 0 radical (unpaired) electrons. The number of esters is 2. The van der Waals surface area contributed by atoms with Crippen LogP contribution in [-0.4, -0.2) is 24.6 Å². The standard InChI is InChI=1S/C20H30O4/c1-4-23-19(22)10-14-5-6-15-12-20(3)17(11-16(15)9-14)7-8-18(20)24-13(2)21/h10,15-18H,4-9,11-12H2,1-3H3/b14-10-/t15-,16-,17+,18+,20+/m1/s1. The van der Waals surface area contributed by atoms with E-state index in [4.69, 9.17) is 9.47 Å². The fourth-order valence-electron chi connectivity index (χ4n) is 5.52. The summed E-state index contributed by atoms with van der Waals surface area (Å²) >= 11 is 0. The molecule has 3 aliphatic carbocycles. The first-order valence-corrected chi connectivity index (χ1v) is 9.45. The summed E-state index contributed by atoms with van der Waals surface area (Å²) in [4.78, 5) is 23.1.